The van der Waals surface area contributed by atoms with E-state index in [1.54, 1.807) is 7.05 Å². The molecule has 0 aromatic heterocycles. The van der Waals surface area contributed by atoms with Gasteiger partial charge in [0.15, 0.2) is 0 Å². The highest BCUT2D eigenvalue weighted by Gasteiger charge is 2.46. The quantitative estimate of drug-likeness (QED) is 0.755. The molecule has 1 saturated heterocycles. The Labute approximate surface area is 109 Å². The van der Waals surface area contributed by atoms with Crippen molar-refractivity contribution in [3.8, 4) is 0 Å². The van der Waals surface area contributed by atoms with Crippen LogP contribution in [-0.2, 0) is 4.79 Å². The van der Waals surface area contributed by atoms with E-state index in [4.69, 9.17) is 0 Å². The van der Waals surface area contributed by atoms with Gasteiger partial charge in [0.05, 0.1) is 0 Å². The van der Waals surface area contributed by atoms with Crippen molar-refractivity contribution in [1.29, 1.82) is 0 Å². The molecule has 0 radical (unpaired) electrons. The van der Waals surface area contributed by atoms with E-state index in [0.29, 0.717) is 12.1 Å². The number of carboxylic acids is 1. The summed E-state index contributed by atoms with van der Waals surface area (Å²) in [7, 11) is 3.92. The zero-order valence-corrected chi connectivity index (χ0v) is 11.6. The van der Waals surface area contributed by atoms with E-state index in [2.05, 4.69) is 29.1 Å². The lowest BCUT2D eigenvalue weighted by atomic mass is 9.97. The van der Waals surface area contributed by atoms with Crippen LogP contribution in [0, 0.1) is 0 Å². The highest BCUT2D eigenvalue weighted by atomic mass is 16.4. The van der Waals surface area contributed by atoms with Crippen LogP contribution in [0.4, 0.5) is 0 Å². The first-order valence-corrected chi connectivity index (χ1v) is 6.85. The number of likely N-dealkylation sites (N-methyl/N-ethyl adjacent to an activating group) is 2. The van der Waals surface area contributed by atoms with Crippen molar-refractivity contribution in [2.24, 2.45) is 0 Å². The number of nitrogens with zero attached hydrogens (tertiary/aromatic N) is 2. The van der Waals surface area contributed by atoms with Crippen molar-refractivity contribution in [3.05, 3.63) is 0 Å². The van der Waals surface area contributed by atoms with Crippen LogP contribution in [0.1, 0.15) is 26.2 Å². The molecule has 0 aromatic carbocycles. The molecule has 1 aliphatic heterocycles. The fraction of sp³-hybridized carbons (Fsp3) is 0.923. The molecule has 5 heteroatoms. The Balaban J connectivity index is 2.02. The Hall–Kier alpha value is -0.650. The summed E-state index contributed by atoms with van der Waals surface area (Å²) >= 11 is 0. The van der Waals surface area contributed by atoms with Gasteiger partial charge in [0.25, 0.3) is 0 Å². The maximum Gasteiger partial charge on any atom is 0.323 e. The van der Waals surface area contributed by atoms with Crippen molar-refractivity contribution in [2.75, 3.05) is 33.7 Å². The standard InChI is InChI=1S/C13H25N3O2/c1-10-9-15(3)6-7-16(10)11-4-5-13(8-11,14-2)12(17)18/h10-11,14H,4-9H2,1-3H3,(H,17,18). The Bertz CT molecular complexity index is 323. The summed E-state index contributed by atoms with van der Waals surface area (Å²) < 4.78 is 0. The SMILES string of the molecule is CNC1(C(=O)O)CCC(N2CCN(C)CC2C)C1. The van der Waals surface area contributed by atoms with E-state index in [1.807, 2.05) is 0 Å². The number of hydrogen-bond acceptors (Lipinski definition) is 4. The maximum atomic E-state index is 11.4. The zero-order chi connectivity index (χ0) is 13.3. The average molecular weight is 255 g/mol. The van der Waals surface area contributed by atoms with Crippen molar-refractivity contribution < 1.29 is 9.90 Å². The molecule has 2 rings (SSSR count). The number of hydrogen-bond donors (Lipinski definition) is 2. The first kappa shape index (κ1) is 13.8. The number of rotatable bonds is 3. The topological polar surface area (TPSA) is 55.8 Å². The van der Waals surface area contributed by atoms with Crippen LogP contribution < -0.4 is 5.32 Å². The molecule has 1 saturated carbocycles. The first-order chi connectivity index (χ1) is 8.48. The summed E-state index contributed by atoms with van der Waals surface area (Å²) in [4.78, 5) is 16.3. The number of nitrogens with one attached hydrogen (secondary N) is 1. The lowest BCUT2D eigenvalue weighted by Gasteiger charge is -2.42. The third-order valence-corrected chi connectivity index (χ3v) is 4.73. The van der Waals surface area contributed by atoms with Gasteiger partial charge in [0, 0.05) is 31.7 Å². The minimum absolute atomic E-state index is 0.414. The second-order valence-electron chi connectivity index (χ2n) is 5.88. The number of piperazine rings is 1. The van der Waals surface area contributed by atoms with Crippen LogP contribution in [-0.4, -0.2) is 72.2 Å². The minimum atomic E-state index is -0.701. The molecule has 18 heavy (non-hydrogen) atoms. The Morgan fingerprint density at radius 3 is 2.67 bits per heavy atom. The first-order valence-electron chi connectivity index (χ1n) is 6.85. The fourth-order valence-corrected chi connectivity index (χ4v) is 3.53. The van der Waals surface area contributed by atoms with E-state index in [0.717, 1.165) is 38.9 Å². The molecule has 3 atom stereocenters. The van der Waals surface area contributed by atoms with Gasteiger partial charge in [-0.05, 0) is 40.3 Å². The molecule has 0 amide bonds. The third-order valence-electron chi connectivity index (χ3n) is 4.73. The zero-order valence-electron chi connectivity index (χ0n) is 11.6. The number of carbonyl (C=O) groups is 1. The van der Waals surface area contributed by atoms with Crippen LogP contribution in [0.2, 0.25) is 0 Å². The van der Waals surface area contributed by atoms with E-state index in [-0.39, 0.29) is 0 Å². The van der Waals surface area contributed by atoms with E-state index in [9.17, 15) is 9.90 Å². The molecule has 2 fully saturated rings. The Kier molecular flexibility index (Phi) is 3.94. The van der Waals surface area contributed by atoms with E-state index in [1.165, 1.54) is 0 Å². The predicted molar refractivity (Wildman–Crippen MR) is 70.7 cm³/mol. The predicted octanol–water partition coefficient (Wildman–Crippen LogP) is 0.218. The smallest absolute Gasteiger partial charge is 0.323 e. The molecule has 2 aliphatic rings. The Morgan fingerprint density at radius 1 is 1.44 bits per heavy atom. The lowest BCUT2D eigenvalue weighted by Crippen LogP contribution is -2.55. The molecule has 104 valence electrons. The molecule has 2 N–H and O–H groups in total. The summed E-state index contributed by atoms with van der Waals surface area (Å²) in [5.74, 6) is -0.700. The molecule has 3 unspecified atom stereocenters. The molecule has 0 spiro atoms. The van der Waals surface area contributed by atoms with Crippen molar-refractivity contribution in [2.45, 2.75) is 43.8 Å². The van der Waals surface area contributed by atoms with Crippen LogP contribution >= 0.6 is 0 Å². The molecular formula is C13H25N3O2. The van der Waals surface area contributed by atoms with E-state index >= 15 is 0 Å². The van der Waals surface area contributed by atoms with Crippen LogP contribution in [0.3, 0.4) is 0 Å². The lowest BCUT2D eigenvalue weighted by molar-refractivity contribution is -0.144. The molecule has 5 nitrogen and oxygen atoms in total. The summed E-state index contributed by atoms with van der Waals surface area (Å²) in [5, 5.41) is 12.4. The van der Waals surface area contributed by atoms with Gasteiger partial charge < -0.3 is 15.3 Å². The monoisotopic (exact) mass is 255 g/mol. The fourth-order valence-electron chi connectivity index (χ4n) is 3.53. The molecule has 0 aromatic rings. The van der Waals surface area contributed by atoms with Crippen LogP contribution in [0.5, 0.6) is 0 Å². The van der Waals surface area contributed by atoms with Gasteiger partial charge in [-0.15, -0.1) is 0 Å². The van der Waals surface area contributed by atoms with Gasteiger partial charge in [0.1, 0.15) is 5.54 Å². The van der Waals surface area contributed by atoms with Gasteiger partial charge in [-0.1, -0.05) is 0 Å². The third kappa shape index (κ3) is 2.39. The summed E-state index contributed by atoms with van der Waals surface area (Å²) in [5.41, 5.74) is -0.701. The van der Waals surface area contributed by atoms with Crippen LogP contribution in [0.15, 0.2) is 0 Å². The number of carboxylic acid groups (broad SMARTS) is 1. The van der Waals surface area contributed by atoms with Gasteiger partial charge >= 0.3 is 5.97 Å². The average Bonchev–Trinajstić information content (AvgIpc) is 2.74. The van der Waals surface area contributed by atoms with E-state index < -0.39 is 11.5 Å². The van der Waals surface area contributed by atoms with Crippen molar-refractivity contribution in [3.63, 3.8) is 0 Å². The largest absolute Gasteiger partial charge is 0.480 e. The maximum absolute atomic E-state index is 11.4. The second kappa shape index (κ2) is 5.15. The van der Waals surface area contributed by atoms with Gasteiger partial charge in [-0.25, -0.2) is 0 Å². The summed E-state index contributed by atoms with van der Waals surface area (Å²) in [6, 6.07) is 0.937. The highest BCUT2D eigenvalue weighted by molar-refractivity contribution is 5.79. The molecule has 0 bridgehead atoms. The molecule has 1 aliphatic carbocycles. The summed E-state index contributed by atoms with van der Waals surface area (Å²) in [6.07, 6.45) is 2.46. The molecule has 1 heterocycles. The Morgan fingerprint density at radius 2 is 2.17 bits per heavy atom. The highest BCUT2D eigenvalue weighted by Crippen LogP contribution is 2.34. The van der Waals surface area contributed by atoms with Crippen molar-refractivity contribution >= 4 is 5.97 Å². The molecular weight excluding hydrogens is 230 g/mol. The van der Waals surface area contributed by atoms with Gasteiger partial charge in [-0.3, -0.25) is 9.69 Å². The normalized spacial score (nSPS) is 39.1. The summed E-state index contributed by atoms with van der Waals surface area (Å²) in [6.45, 7) is 5.47. The second-order valence-corrected chi connectivity index (χ2v) is 5.88. The number of aliphatic carboxylic acids is 1. The van der Waals surface area contributed by atoms with Crippen LogP contribution in [0.25, 0.3) is 0 Å². The van der Waals surface area contributed by atoms with Gasteiger partial charge in [-0.2, -0.15) is 0 Å². The minimum Gasteiger partial charge on any atom is -0.480 e. The van der Waals surface area contributed by atoms with Gasteiger partial charge in [0.2, 0.25) is 0 Å². The van der Waals surface area contributed by atoms with Crippen molar-refractivity contribution in [1.82, 2.24) is 15.1 Å².